The molecule has 1 aromatic heterocycles. The monoisotopic (exact) mass is 290 g/mol. The van der Waals surface area contributed by atoms with Gasteiger partial charge in [0.2, 0.25) is 0 Å². The number of rotatable bonds is 5. The minimum Gasteiger partial charge on any atom is -0.507 e. The number of carboxylic acid groups (broad SMARTS) is 1. The quantitative estimate of drug-likeness (QED) is 0.502. The minimum atomic E-state index is -1.66. The molecule has 0 atom stereocenters. The molecule has 6 heteroatoms. The predicted octanol–water partition coefficient (Wildman–Crippen LogP) is 2.56. The van der Waals surface area contributed by atoms with E-state index in [0.717, 1.165) is 5.56 Å². The van der Waals surface area contributed by atoms with Gasteiger partial charge < -0.3 is 14.6 Å². The summed E-state index contributed by atoms with van der Waals surface area (Å²) in [7, 11) is 0. The summed E-state index contributed by atoms with van der Waals surface area (Å²) in [6, 6.07) is 5.77. The van der Waals surface area contributed by atoms with Gasteiger partial charge in [-0.2, -0.15) is 0 Å². The van der Waals surface area contributed by atoms with Gasteiger partial charge in [-0.15, -0.1) is 0 Å². The van der Waals surface area contributed by atoms with E-state index in [1.54, 1.807) is 12.1 Å². The van der Waals surface area contributed by atoms with E-state index in [4.69, 9.17) is 9.52 Å². The maximum Gasteiger partial charge on any atom is 0.376 e. The fourth-order valence-electron chi connectivity index (χ4n) is 1.77. The second-order valence-electron chi connectivity index (χ2n) is 4.31. The molecule has 0 saturated heterocycles. The Morgan fingerprint density at radius 1 is 1.14 bits per heavy atom. The van der Waals surface area contributed by atoms with Gasteiger partial charge in [0.25, 0.3) is 5.78 Å². The Morgan fingerprint density at radius 3 is 2.43 bits per heavy atom. The number of aliphatic hydroxyl groups is 1. The van der Waals surface area contributed by atoms with Crippen LogP contribution in [0.4, 0.5) is 4.39 Å². The van der Waals surface area contributed by atoms with E-state index in [-0.39, 0.29) is 11.4 Å². The summed E-state index contributed by atoms with van der Waals surface area (Å²) in [6.45, 7) is 0. The second kappa shape index (κ2) is 6.04. The minimum absolute atomic E-state index is 0.217. The summed E-state index contributed by atoms with van der Waals surface area (Å²) in [4.78, 5) is 21.5. The van der Waals surface area contributed by atoms with Crippen molar-refractivity contribution < 1.29 is 28.6 Å². The van der Waals surface area contributed by atoms with Crippen molar-refractivity contribution in [2.75, 3.05) is 0 Å². The number of aliphatic hydroxyl groups excluding tert-OH is 1. The molecule has 0 aliphatic rings. The normalized spacial score (nSPS) is 11.4. The molecule has 0 saturated carbocycles. The average Bonchev–Trinajstić information content (AvgIpc) is 2.89. The molecule has 0 spiro atoms. The fourth-order valence-corrected chi connectivity index (χ4v) is 1.77. The smallest absolute Gasteiger partial charge is 0.376 e. The Hall–Kier alpha value is -2.89. The Kier molecular flexibility index (Phi) is 4.18. The van der Waals surface area contributed by atoms with E-state index >= 15 is 0 Å². The van der Waals surface area contributed by atoms with Crippen molar-refractivity contribution in [2.24, 2.45) is 0 Å². The first kappa shape index (κ1) is 14.5. The Labute approximate surface area is 118 Å². The highest BCUT2D eigenvalue weighted by molar-refractivity contribution is 6.38. The van der Waals surface area contributed by atoms with Crippen molar-refractivity contribution >= 4 is 17.5 Å². The van der Waals surface area contributed by atoms with Crippen LogP contribution in [0.5, 0.6) is 0 Å². The third-order valence-electron chi connectivity index (χ3n) is 2.80. The summed E-state index contributed by atoms with van der Waals surface area (Å²) >= 11 is 0. The molecular formula is C15H11FO5. The zero-order valence-corrected chi connectivity index (χ0v) is 10.7. The van der Waals surface area contributed by atoms with E-state index in [2.05, 4.69) is 0 Å². The van der Waals surface area contributed by atoms with Crippen LogP contribution in [0.2, 0.25) is 0 Å². The van der Waals surface area contributed by atoms with Gasteiger partial charge in [0.15, 0.2) is 0 Å². The average molecular weight is 290 g/mol. The molecule has 0 radical (unpaired) electrons. The van der Waals surface area contributed by atoms with Gasteiger partial charge in [-0.25, -0.2) is 9.18 Å². The third-order valence-corrected chi connectivity index (χ3v) is 2.80. The van der Waals surface area contributed by atoms with Gasteiger partial charge in [-0.1, -0.05) is 12.1 Å². The van der Waals surface area contributed by atoms with Gasteiger partial charge in [0.05, 0.1) is 11.8 Å². The predicted molar refractivity (Wildman–Crippen MR) is 71.2 cm³/mol. The molecule has 2 rings (SSSR count). The number of benzene rings is 1. The maximum atomic E-state index is 12.8. The van der Waals surface area contributed by atoms with Crippen LogP contribution in [0.1, 0.15) is 16.7 Å². The van der Waals surface area contributed by atoms with Crippen LogP contribution in [-0.2, 0) is 16.0 Å². The first-order chi connectivity index (χ1) is 9.97. The fraction of sp³-hybridized carbons (Fsp3) is 0.0667. The SMILES string of the molecule is O=C(O)C(=O)C=C(O)c1cocc1Cc1ccc(F)cc1. The molecule has 108 valence electrons. The number of halogens is 1. The molecule has 0 aliphatic heterocycles. The van der Waals surface area contributed by atoms with Crippen LogP contribution in [-0.4, -0.2) is 22.0 Å². The van der Waals surface area contributed by atoms with Crippen molar-refractivity contribution in [3.63, 3.8) is 0 Å². The Balaban J connectivity index is 2.24. The molecule has 2 aromatic rings. The van der Waals surface area contributed by atoms with Crippen molar-refractivity contribution in [3.05, 3.63) is 65.4 Å². The maximum absolute atomic E-state index is 12.8. The van der Waals surface area contributed by atoms with E-state index in [1.165, 1.54) is 24.7 Å². The molecular weight excluding hydrogens is 279 g/mol. The molecule has 0 bridgehead atoms. The van der Waals surface area contributed by atoms with E-state index in [1.807, 2.05) is 0 Å². The zero-order chi connectivity index (χ0) is 15.4. The number of hydrogen-bond donors (Lipinski definition) is 2. The lowest BCUT2D eigenvalue weighted by Gasteiger charge is -2.02. The zero-order valence-electron chi connectivity index (χ0n) is 10.7. The molecule has 2 N–H and O–H groups in total. The first-order valence-corrected chi connectivity index (χ1v) is 5.95. The number of aliphatic carboxylic acids is 1. The lowest BCUT2D eigenvalue weighted by atomic mass is 10.0. The molecule has 0 fully saturated rings. The number of carboxylic acids is 1. The molecule has 0 unspecified atom stereocenters. The summed E-state index contributed by atoms with van der Waals surface area (Å²) in [5, 5.41) is 18.3. The van der Waals surface area contributed by atoms with Crippen LogP contribution in [0.15, 0.2) is 47.3 Å². The largest absolute Gasteiger partial charge is 0.507 e. The van der Waals surface area contributed by atoms with E-state index in [0.29, 0.717) is 18.1 Å². The van der Waals surface area contributed by atoms with Gasteiger partial charge in [0.1, 0.15) is 17.8 Å². The first-order valence-electron chi connectivity index (χ1n) is 5.95. The molecule has 0 aliphatic carbocycles. The highest BCUT2D eigenvalue weighted by Crippen LogP contribution is 2.21. The third kappa shape index (κ3) is 3.56. The van der Waals surface area contributed by atoms with Gasteiger partial charge in [0, 0.05) is 18.1 Å². The molecule has 1 heterocycles. The van der Waals surface area contributed by atoms with Crippen LogP contribution < -0.4 is 0 Å². The highest BCUT2D eigenvalue weighted by Gasteiger charge is 2.15. The van der Waals surface area contributed by atoms with E-state index < -0.39 is 17.5 Å². The number of hydrogen-bond acceptors (Lipinski definition) is 4. The summed E-state index contributed by atoms with van der Waals surface area (Å²) < 4.78 is 17.8. The number of furan rings is 1. The van der Waals surface area contributed by atoms with Crippen LogP contribution >= 0.6 is 0 Å². The van der Waals surface area contributed by atoms with Crippen LogP contribution in [0, 0.1) is 5.82 Å². The van der Waals surface area contributed by atoms with Gasteiger partial charge >= 0.3 is 5.97 Å². The van der Waals surface area contributed by atoms with Crippen molar-refractivity contribution in [3.8, 4) is 0 Å². The van der Waals surface area contributed by atoms with Gasteiger partial charge in [-0.3, -0.25) is 4.79 Å². The molecule has 0 amide bonds. The topological polar surface area (TPSA) is 87.7 Å². The molecule has 1 aromatic carbocycles. The summed E-state index contributed by atoms with van der Waals surface area (Å²) in [5.74, 6) is -3.75. The highest BCUT2D eigenvalue weighted by atomic mass is 19.1. The van der Waals surface area contributed by atoms with Crippen LogP contribution in [0.3, 0.4) is 0 Å². The standard InChI is InChI=1S/C15H11FO5/c16-11-3-1-9(2-4-11)5-10-7-21-8-12(10)13(17)6-14(18)15(19)20/h1-4,6-8,17H,5H2,(H,19,20). The van der Waals surface area contributed by atoms with E-state index in [9.17, 15) is 19.1 Å². The Bertz CT molecular complexity index is 697. The molecule has 21 heavy (non-hydrogen) atoms. The number of carbonyl (C=O) groups is 2. The number of carbonyl (C=O) groups excluding carboxylic acids is 1. The van der Waals surface area contributed by atoms with Crippen molar-refractivity contribution in [2.45, 2.75) is 6.42 Å². The summed E-state index contributed by atoms with van der Waals surface area (Å²) in [5.41, 5.74) is 1.54. The summed E-state index contributed by atoms with van der Waals surface area (Å²) in [6.07, 6.45) is 3.53. The van der Waals surface area contributed by atoms with Gasteiger partial charge in [-0.05, 0) is 17.7 Å². The van der Waals surface area contributed by atoms with Crippen LogP contribution in [0.25, 0.3) is 5.76 Å². The Morgan fingerprint density at radius 2 is 1.81 bits per heavy atom. The second-order valence-corrected chi connectivity index (χ2v) is 4.31. The molecule has 5 nitrogen and oxygen atoms in total. The lowest BCUT2D eigenvalue weighted by molar-refractivity contribution is -0.146. The lowest BCUT2D eigenvalue weighted by Crippen LogP contribution is -2.09. The number of ketones is 1. The van der Waals surface area contributed by atoms with Crippen molar-refractivity contribution in [1.29, 1.82) is 0 Å². The van der Waals surface area contributed by atoms with Crippen molar-refractivity contribution in [1.82, 2.24) is 0 Å².